The number of hydrogen-bond donors (Lipinski definition) is 0. The molecule has 0 radical (unpaired) electrons. The topological polar surface area (TPSA) is 60.7 Å². The molecule has 0 fully saturated rings. The first-order valence-electron chi connectivity index (χ1n) is 4.27. The van der Waals surface area contributed by atoms with Gasteiger partial charge in [0.15, 0.2) is 20.9 Å². The summed E-state index contributed by atoms with van der Waals surface area (Å²) in [5, 5.41) is 8.87. The Bertz CT molecular complexity index is 536. The Morgan fingerprint density at radius 2 is 2.25 bits per heavy atom. The first kappa shape index (κ1) is 11.6. The molecule has 0 bridgehead atoms. The standard InChI is InChI=1S/C8H7ClN4OS2/c1-4-11-12-7(13(4)2)16-8-10-6(9)5(3-14)15-8/h3H,1-2H3. The average Bonchev–Trinajstić information content (AvgIpc) is 2.76. The molecule has 2 heterocycles. The Hall–Kier alpha value is -0.920. The van der Waals surface area contributed by atoms with Gasteiger partial charge in [0.25, 0.3) is 0 Å². The van der Waals surface area contributed by atoms with Crippen molar-refractivity contribution in [3.8, 4) is 0 Å². The zero-order valence-corrected chi connectivity index (χ0v) is 10.9. The number of aromatic nitrogens is 4. The highest BCUT2D eigenvalue weighted by Crippen LogP contribution is 2.33. The number of thiazole rings is 1. The van der Waals surface area contributed by atoms with E-state index >= 15 is 0 Å². The van der Waals surface area contributed by atoms with Gasteiger partial charge in [-0.15, -0.1) is 21.5 Å². The number of nitrogens with zero attached hydrogens (tertiary/aromatic N) is 4. The van der Waals surface area contributed by atoms with Crippen LogP contribution in [0.1, 0.15) is 15.5 Å². The number of carbonyl (C=O) groups is 1. The van der Waals surface area contributed by atoms with E-state index in [1.165, 1.54) is 23.1 Å². The minimum atomic E-state index is 0.237. The maximum Gasteiger partial charge on any atom is 0.198 e. The van der Waals surface area contributed by atoms with Gasteiger partial charge in [-0.25, -0.2) is 4.98 Å². The Kier molecular flexibility index (Phi) is 3.27. The summed E-state index contributed by atoms with van der Waals surface area (Å²) < 4.78 is 2.53. The van der Waals surface area contributed by atoms with Crippen LogP contribution in [0.3, 0.4) is 0 Å². The number of hydrogen-bond acceptors (Lipinski definition) is 6. The second kappa shape index (κ2) is 4.52. The molecule has 2 aromatic heterocycles. The SMILES string of the molecule is Cc1nnc(Sc2nc(Cl)c(C=O)s2)n1C. The van der Waals surface area contributed by atoms with Gasteiger partial charge in [0.05, 0.1) is 0 Å². The molecule has 0 aliphatic carbocycles. The monoisotopic (exact) mass is 274 g/mol. The molecule has 5 nitrogen and oxygen atoms in total. The van der Waals surface area contributed by atoms with Gasteiger partial charge in [-0.05, 0) is 18.7 Å². The number of carbonyl (C=O) groups excluding carboxylic acids is 1. The number of halogens is 1. The van der Waals surface area contributed by atoms with Crippen LogP contribution in [0.2, 0.25) is 5.15 Å². The van der Waals surface area contributed by atoms with E-state index in [2.05, 4.69) is 15.2 Å². The molecule has 0 aliphatic heterocycles. The Morgan fingerprint density at radius 3 is 2.75 bits per heavy atom. The van der Waals surface area contributed by atoms with Gasteiger partial charge in [0.2, 0.25) is 0 Å². The van der Waals surface area contributed by atoms with Crippen molar-refractivity contribution in [3.63, 3.8) is 0 Å². The molecule has 0 N–H and O–H groups in total. The summed E-state index contributed by atoms with van der Waals surface area (Å²) >= 11 is 8.35. The van der Waals surface area contributed by atoms with E-state index in [9.17, 15) is 4.79 Å². The lowest BCUT2D eigenvalue weighted by atomic mass is 10.6. The molecule has 2 aromatic rings. The van der Waals surface area contributed by atoms with E-state index in [0.29, 0.717) is 15.5 Å². The van der Waals surface area contributed by atoms with E-state index in [-0.39, 0.29) is 5.15 Å². The lowest BCUT2D eigenvalue weighted by Gasteiger charge is -1.96. The second-order valence-electron chi connectivity index (χ2n) is 2.94. The van der Waals surface area contributed by atoms with Crippen LogP contribution in [0.4, 0.5) is 0 Å². The van der Waals surface area contributed by atoms with Crippen molar-refractivity contribution in [2.45, 2.75) is 16.4 Å². The van der Waals surface area contributed by atoms with Crippen LogP contribution in [-0.4, -0.2) is 26.0 Å². The fourth-order valence-corrected chi connectivity index (χ4v) is 3.12. The lowest BCUT2D eigenvalue weighted by molar-refractivity contribution is 0.112. The summed E-state index contributed by atoms with van der Waals surface area (Å²) in [5.74, 6) is 0.820. The van der Waals surface area contributed by atoms with Crippen LogP contribution in [0.25, 0.3) is 0 Å². The molecule has 2 rings (SSSR count). The highest BCUT2D eigenvalue weighted by Gasteiger charge is 2.13. The highest BCUT2D eigenvalue weighted by molar-refractivity contribution is 8.00. The van der Waals surface area contributed by atoms with Crippen molar-refractivity contribution in [2.24, 2.45) is 7.05 Å². The zero-order valence-electron chi connectivity index (χ0n) is 8.47. The van der Waals surface area contributed by atoms with Gasteiger partial charge in [-0.1, -0.05) is 11.6 Å². The van der Waals surface area contributed by atoms with E-state index in [0.717, 1.165) is 11.0 Å². The number of aldehydes is 1. The van der Waals surface area contributed by atoms with Crippen molar-refractivity contribution in [1.82, 2.24) is 19.7 Å². The van der Waals surface area contributed by atoms with Crippen LogP contribution in [-0.2, 0) is 7.05 Å². The molecular weight excluding hydrogens is 268 g/mol. The van der Waals surface area contributed by atoms with E-state index in [4.69, 9.17) is 11.6 Å². The summed E-state index contributed by atoms with van der Waals surface area (Å²) in [5.41, 5.74) is 0. The third-order valence-electron chi connectivity index (χ3n) is 1.93. The highest BCUT2D eigenvalue weighted by atomic mass is 35.5. The van der Waals surface area contributed by atoms with Crippen molar-refractivity contribution < 1.29 is 4.79 Å². The molecular formula is C8H7ClN4OS2. The molecule has 16 heavy (non-hydrogen) atoms. The van der Waals surface area contributed by atoms with Gasteiger partial charge in [0, 0.05) is 7.05 Å². The summed E-state index contributed by atoms with van der Waals surface area (Å²) in [7, 11) is 1.87. The van der Waals surface area contributed by atoms with Crippen LogP contribution in [0, 0.1) is 6.92 Å². The van der Waals surface area contributed by atoms with E-state index < -0.39 is 0 Å². The summed E-state index contributed by atoms with van der Waals surface area (Å²) in [6, 6.07) is 0. The van der Waals surface area contributed by atoms with E-state index in [1.807, 2.05) is 18.5 Å². The van der Waals surface area contributed by atoms with Crippen LogP contribution >= 0.6 is 34.7 Å². The summed E-state index contributed by atoms with van der Waals surface area (Å²) in [6.07, 6.45) is 0.700. The predicted octanol–water partition coefficient (Wildman–Crippen LogP) is 2.20. The van der Waals surface area contributed by atoms with Crippen LogP contribution < -0.4 is 0 Å². The molecule has 0 unspecified atom stereocenters. The first-order chi connectivity index (χ1) is 7.61. The van der Waals surface area contributed by atoms with Gasteiger partial charge >= 0.3 is 0 Å². The van der Waals surface area contributed by atoms with Crippen molar-refractivity contribution >= 4 is 41.0 Å². The van der Waals surface area contributed by atoms with Gasteiger partial charge in [-0.2, -0.15) is 0 Å². The minimum absolute atomic E-state index is 0.237. The number of aryl methyl sites for hydroxylation is 1. The summed E-state index contributed by atoms with van der Waals surface area (Å²) in [4.78, 5) is 15.1. The van der Waals surface area contributed by atoms with Crippen molar-refractivity contribution in [3.05, 3.63) is 15.9 Å². The third-order valence-corrected chi connectivity index (χ3v) is 4.41. The van der Waals surface area contributed by atoms with Crippen molar-refractivity contribution in [1.29, 1.82) is 0 Å². The maximum atomic E-state index is 10.6. The Labute approximate surface area is 105 Å². The Balaban J connectivity index is 2.27. The zero-order chi connectivity index (χ0) is 11.7. The lowest BCUT2D eigenvalue weighted by Crippen LogP contribution is -1.92. The number of rotatable bonds is 3. The summed E-state index contributed by atoms with van der Waals surface area (Å²) in [6.45, 7) is 1.86. The maximum absolute atomic E-state index is 10.6. The fourth-order valence-electron chi connectivity index (χ4n) is 0.965. The van der Waals surface area contributed by atoms with Gasteiger partial charge < -0.3 is 4.57 Å². The molecule has 84 valence electrons. The Morgan fingerprint density at radius 1 is 1.50 bits per heavy atom. The fraction of sp³-hybridized carbons (Fsp3) is 0.250. The molecule has 0 atom stereocenters. The quantitative estimate of drug-likeness (QED) is 0.803. The molecule has 0 aliphatic rings. The largest absolute Gasteiger partial charge is 0.309 e. The molecule has 0 saturated heterocycles. The smallest absolute Gasteiger partial charge is 0.198 e. The molecule has 0 saturated carbocycles. The molecule has 0 aromatic carbocycles. The van der Waals surface area contributed by atoms with Crippen LogP contribution in [0.5, 0.6) is 0 Å². The van der Waals surface area contributed by atoms with Crippen LogP contribution in [0.15, 0.2) is 9.50 Å². The first-order valence-corrected chi connectivity index (χ1v) is 6.28. The predicted molar refractivity (Wildman–Crippen MR) is 62.4 cm³/mol. The molecule has 0 amide bonds. The second-order valence-corrected chi connectivity index (χ2v) is 5.55. The van der Waals surface area contributed by atoms with Gasteiger partial charge in [-0.3, -0.25) is 4.79 Å². The van der Waals surface area contributed by atoms with E-state index in [1.54, 1.807) is 0 Å². The normalized spacial score (nSPS) is 10.7. The van der Waals surface area contributed by atoms with Crippen molar-refractivity contribution in [2.75, 3.05) is 0 Å². The third kappa shape index (κ3) is 2.11. The molecule has 0 spiro atoms. The average molecular weight is 275 g/mol. The molecule has 8 heteroatoms. The van der Waals surface area contributed by atoms with Gasteiger partial charge in [0.1, 0.15) is 10.7 Å². The minimum Gasteiger partial charge on any atom is -0.309 e.